The fraction of sp³-hybridized carbons (Fsp3) is 0.176. The van der Waals surface area contributed by atoms with Crippen molar-refractivity contribution in [3.8, 4) is 11.5 Å². The maximum absolute atomic E-state index is 11.0. The zero-order valence-electron chi connectivity index (χ0n) is 12.5. The van der Waals surface area contributed by atoms with Crippen LogP contribution in [0.15, 0.2) is 42.5 Å². The minimum absolute atomic E-state index is 0.117. The zero-order valence-corrected chi connectivity index (χ0v) is 12.5. The Bertz CT molecular complexity index is 706. The fourth-order valence-corrected chi connectivity index (χ4v) is 1.93. The monoisotopic (exact) mass is 316 g/mol. The third kappa shape index (κ3) is 4.23. The van der Waals surface area contributed by atoms with Crippen molar-refractivity contribution >= 4 is 11.9 Å². The highest BCUT2D eigenvalue weighted by atomic mass is 16.5. The molecule has 23 heavy (non-hydrogen) atoms. The highest BCUT2D eigenvalue weighted by molar-refractivity contribution is 5.88. The first-order chi connectivity index (χ1) is 11.0. The third-order valence-electron chi connectivity index (χ3n) is 3.09. The van der Waals surface area contributed by atoms with Crippen molar-refractivity contribution in [3.05, 3.63) is 59.2 Å². The van der Waals surface area contributed by atoms with Gasteiger partial charge < -0.3 is 19.7 Å². The molecule has 0 aromatic heterocycles. The van der Waals surface area contributed by atoms with Gasteiger partial charge in [0, 0.05) is 0 Å². The number of hydrogen-bond donors (Lipinski definition) is 2. The Morgan fingerprint density at radius 2 is 1.48 bits per heavy atom. The molecule has 6 heteroatoms. The summed E-state index contributed by atoms with van der Waals surface area (Å²) in [7, 11) is 0. The first-order valence-electron chi connectivity index (χ1n) is 6.96. The second-order valence-electron chi connectivity index (χ2n) is 4.69. The van der Waals surface area contributed by atoms with Crippen molar-refractivity contribution in [2.24, 2.45) is 0 Å². The Morgan fingerprint density at radius 1 is 0.870 bits per heavy atom. The van der Waals surface area contributed by atoms with Crippen LogP contribution in [0.25, 0.3) is 0 Å². The standard InChI is InChI=1S/C17H16O6/c1-2-22-15-9-13(17(20)21)7-8-14(15)23-10-11-3-5-12(6-4-11)16(18)19/h3-9H,2,10H2,1H3,(H,18,19)(H,20,21). The summed E-state index contributed by atoms with van der Waals surface area (Å²) in [5.74, 6) is -1.24. The van der Waals surface area contributed by atoms with Crippen LogP contribution >= 0.6 is 0 Å². The maximum Gasteiger partial charge on any atom is 0.335 e. The Morgan fingerprint density at radius 3 is 2.04 bits per heavy atom. The van der Waals surface area contributed by atoms with Gasteiger partial charge in [0.2, 0.25) is 0 Å². The summed E-state index contributed by atoms with van der Waals surface area (Å²) in [6, 6.07) is 10.7. The van der Waals surface area contributed by atoms with Crippen LogP contribution in [0.1, 0.15) is 33.2 Å². The van der Waals surface area contributed by atoms with E-state index in [4.69, 9.17) is 19.7 Å². The van der Waals surface area contributed by atoms with Gasteiger partial charge in [-0.05, 0) is 42.8 Å². The molecule has 0 spiro atoms. The van der Waals surface area contributed by atoms with Gasteiger partial charge in [-0.3, -0.25) is 0 Å². The molecule has 0 atom stereocenters. The second-order valence-corrected chi connectivity index (χ2v) is 4.69. The number of carboxylic acids is 2. The molecule has 0 aliphatic rings. The molecule has 2 rings (SSSR count). The second kappa shape index (κ2) is 7.31. The van der Waals surface area contributed by atoms with Gasteiger partial charge in [-0.25, -0.2) is 9.59 Å². The van der Waals surface area contributed by atoms with E-state index in [-0.39, 0.29) is 17.7 Å². The van der Waals surface area contributed by atoms with Crippen LogP contribution in [0.4, 0.5) is 0 Å². The van der Waals surface area contributed by atoms with Crippen molar-refractivity contribution in [1.29, 1.82) is 0 Å². The lowest BCUT2D eigenvalue weighted by Crippen LogP contribution is -2.03. The van der Waals surface area contributed by atoms with Gasteiger partial charge in [-0.1, -0.05) is 12.1 Å². The summed E-state index contributed by atoms with van der Waals surface area (Å²) >= 11 is 0. The number of carboxylic acid groups (broad SMARTS) is 2. The van der Waals surface area contributed by atoms with E-state index >= 15 is 0 Å². The molecule has 0 saturated carbocycles. The maximum atomic E-state index is 11.0. The summed E-state index contributed by atoms with van der Waals surface area (Å²) in [6.45, 7) is 2.39. The van der Waals surface area contributed by atoms with Gasteiger partial charge in [0.25, 0.3) is 0 Å². The van der Waals surface area contributed by atoms with Crippen LogP contribution in [-0.4, -0.2) is 28.8 Å². The molecule has 0 fully saturated rings. The largest absolute Gasteiger partial charge is 0.490 e. The number of aromatic carboxylic acids is 2. The van der Waals surface area contributed by atoms with Crippen molar-refractivity contribution in [1.82, 2.24) is 0 Å². The third-order valence-corrected chi connectivity index (χ3v) is 3.09. The van der Waals surface area contributed by atoms with E-state index in [9.17, 15) is 9.59 Å². The number of benzene rings is 2. The summed E-state index contributed by atoms with van der Waals surface area (Å²) in [5, 5.41) is 17.9. The number of hydrogen-bond acceptors (Lipinski definition) is 4. The quantitative estimate of drug-likeness (QED) is 0.815. The van der Waals surface area contributed by atoms with E-state index in [1.165, 1.54) is 24.3 Å². The average molecular weight is 316 g/mol. The van der Waals surface area contributed by atoms with Crippen LogP contribution in [0.3, 0.4) is 0 Å². The van der Waals surface area contributed by atoms with Gasteiger partial charge in [-0.2, -0.15) is 0 Å². The van der Waals surface area contributed by atoms with Gasteiger partial charge in [0.05, 0.1) is 17.7 Å². The van der Waals surface area contributed by atoms with Gasteiger partial charge in [0.1, 0.15) is 6.61 Å². The first kappa shape index (κ1) is 16.4. The molecule has 0 saturated heterocycles. The molecule has 0 amide bonds. The molecular weight excluding hydrogens is 300 g/mol. The van der Waals surface area contributed by atoms with Crippen LogP contribution in [0.2, 0.25) is 0 Å². The van der Waals surface area contributed by atoms with E-state index < -0.39 is 11.9 Å². The van der Waals surface area contributed by atoms with Gasteiger partial charge in [-0.15, -0.1) is 0 Å². The summed E-state index contributed by atoms with van der Waals surface area (Å²) in [5.41, 5.74) is 1.11. The molecule has 2 aromatic rings. The highest BCUT2D eigenvalue weighted by Crippen LogP contribution is 2.29. The number of carbonyl (C=O) groups is 2. The van der Waals surface area contributed by atoms with Gasteiger partial charge in [0.15, 0.2) is 11.5 Å². The van der Waals surface area contributed by atoms with Crippen molar-refractivity contribution in [2.45, 2.75) is 13.5 Å². The minimum Gasteiger partial charge on any atom is -0.490 e. The Kier molecular flexibility index (Phi) is 5.19. The molecular formula is C17H16O6. The lowest BCUT2D eigenvalue weighted by molar-refractivity contribution is 0.0685. The molecule has 2 aromatic carbocycles. The van der Waals surface area contributed by atoms with Crippen LogP contribution in [0, 0.1) is 0 Å². The molecule has 0 unspecified atom stereocenters. The molecule has 0 bridgehead atoms. The lowest BCUT2D eigenvalue weighted by atomic mass is 10.1. The number of ether oxygens (including phenoxy) is 2. The van der Waals surface area contributed by atoms with E-state index in [1.54, 1.807) is 25.1 Å². The van der Waals surface area contributed by atoms with E-state index in [1.807, 2.05) is 0 Å². The Labute approximate surface area is 132 Å². The summed E-state index contributed by atoms with van der Waals surface area (Å²) < 4.78 is 11.0. The van der Waals surface area contributed by atoms with Crippen molar-refractivity contribution < 1.29 is 29.3 Å². The molecule has 6 nitrogen and oxygen atoms in total. The molecule has 0 radical (unpaired) electrons. The first-order valence-corrected chi connectivity index (χ1v) is 6.96. The highest BCUT2D eigenvalue weighted by Gasteiger charge is 2.11. The smallest absolute Gasteiger partial charge is 0.335 e. The van der Waals surface area contributed by atoms with Crippen LogP contribution < -0.4 is 9.47 Å². The van der Waals surface area contributed by atoms with Crippen LogP contribution in [-0.2, 0) is 6.61 Å². The molecule has 0 heterocycles. The topological polar surface area (TPSA) is 93.1 Å². The zero-order chi connectivity index (χ0) is 16.8. The van der Waals surface area contributed by atoms with Crippen molar-refractivity contribution in [2.75, 3.05) is 6.61 Å². The van der Waals surface area contributed by atoms with E-state index in [0.717, 1.165) is 5.56 Å². The summed E-state index contributed by atoms with van der Waals surface area (Å²) in [6.07, 6.45) is 0. The van der Waals surface area contributed by atoms with E-state index in [2.05, 4.69) is 0 Å². The Hall–Kier alpha value is -3.02. The van der Waals surface area contributed by atoms with Gasteiger partial charge >= 0.3 is 11.9 Å². The normalized spacial score (nSPS) is 10.1. The number of rotatable bonds is 7. The molecule has 2 N–H and O–H groups in total. The predicted molar refractivity (Wildman–Crippen MR) is 82.3 cm³/mol. The average Bonchev–Trinajstić information content (AvgIpc) is 2.54. The Balaban J connectivity index is 2.12. The minimum atomic E-state index is -1.04. The molecule has 0 aliphatic carbocycles. The predicted octanol–water partition coefficient (Wildman–Crippen LogP) is 3.06. The van der Waals surface area contributed by atoms with E-state index in [0.29, 0.717) is 18.1 Å². The lowest BCUT2D eigenvalue weighted by Gasteiger charge is -2.12. The molecule has 120 valence electrons. The van der Waals surface area contributed by atoms with Crippen molar-refractivity contribution in [3.63, 3.8) is 0 Å². The summed E-state index contributed by atoms with van der Waals surface area (Å²) in [4.78, 5) is 21.8. The fourth-order valence-electron chi connectivity index (χ4n) is 1.93. The van der Waals surface area contributed by atoms with Crippen LogP contribution in [0.5, 0.6) is 11.5 Å². The SMILES string of the molecule is CCOc1cc(C(=O)O)ccc1OCc1ccc(C(=O)O)cc1. The molecule has 0 aliphatic heterocycles.